The molecule has 7 nitrogen and oxygen atoms in total. The quantitative estimate of drug-likeness (QED) is 0.307. The summed E-state index contributed by atoms with van der Waals surface area (Å²) < 4.78 is 42.7. The van der Waals surface area contributed by atoms with Gasteiger partial charge < -0.3 is 20.5 Å². The topological polar surface area (TPSA) is 91.7 Å². The van der Waals surface area contributed by atoms with Gasteiger partial charge in [-0.25, -0.2) is 9.97 Å². The van der Waals surface area contributed by atoms with Crippen LogP contribution in [0.1, 0.15) is 38.5 Å². The molecule has 1 saturated heterocycles. The molecule has 4 rings (SSSR count). The van der Waals surface area contributed by atoms with Crippen LogP contribution in [-0.2, 0) is 4.74 Å². The molecule has 0 aromatic carbocycles. The molecule has 2 fully saturated rings. The van der Waals surface area contributed by atoms with E-state index in [2.05, 4.69) is 20.6 Å². The Kier molecular flexibility index (Phi) is 10.1. The van der Waals surface area contributed by atoms with Gasteiger partial charge >= 0.3 is 6.18 Å². The van der Waals surface area contributed by atoms with Crippen molar-refractivity contribution in [2.75, 3.05) is 36.9 Å². The number of aliphatic hydroxyl groups is 1. The molecule has 3 heterocycles. The summed E-state index contributed by atoms with van der Waals surface area (Å²) in [4.78, 5) is 12.9. The zero-order valence-electron chi connectivity index (χ0n) is 20.9. The fraction of sp³-hybridized carbons (Fsp3) is 0.577. The molecule has 38 heavy (non-hydrogen) atoms. The summed E-state index contributed by atoms with van der Waals surface area (Å²) in [6.45, 7) is 1.72. The van der Waals surface area contributed by atoms with Crippen LogP contribution in [0, 0.1) is 11.8 Å². The molecule has 3 N–H and O–H groups in total. The summed E-state index contributed by atoms with van der Waals surface area (Å²) in [5, 5.41) is 16.8. The Morgan fingerprint density at radius 2 is 1.82 bits per heavy atom. The van der Waals surface area contributed by atoms with Gasteiger partial charge in [0.1, 0.15) is 11.6 Å². The van der Waals surface area contributed by atoms with Crippen LogP contribution in [0.3, 0.4) is 0 Å². The van der Waals surface area contributed by atoms with E-state index in [-0.39, 0.29) is 12.0 Å². The van der Waals surface area contributed by atoms with Crippen molar-refractivity contribution in [3.05, 3.63) is 34.4 Å². The van der Waals surface area contributed by atoms with Crippen LogP contribution in [0.5, 0.6) is 0 Å². The van der Waals surface area contributed by atoms with Gasteiger partial charge in [-0.3, -0.25) is 4.99 Å². The molecule has 2 aromatic rings. The third-order valence-electron chi connectivity index (χ3n) is 6.97. The molecule has 208 valence electrons. The number of anilines is 2. The minimum Gasteiger partial charge on any atom is -0.382 e. The van der Waals surface area contributed by atoms with Gasteiger partial charge in [0.25, 0.3) is 0 Å². The number of halogens is 5. The van der Waals surface area contributed by atoms with Crippen molar-refractivity contribution >= 4 is 41.1 Å². The third kappa shape index (κ3) is 8.18. The number of hydrogen-bond acceptors (Lipinski definition) is 7. The normalized spacial score (nSPS) is 21.9. The fourth-order valence-electron chi connectivity index (χ4n) is 4.66. The molecular formula is C26H32Cl2F3N5O2. The Hall–Kier alpha value is -2.14. The van der Waals surface area contributed by atoms with Gasteiger partial charge in [-0.2, -0.15) is 13.2 Å². The van der Waals surface area contributed by atoms with Crippen LogP contribution in [0.25, 0.3) is 11.3 Å². The van der Waals surface area contributed by atoms with Gasteiger partial charge in [-0.05, 0) is 68.6 Å². The number of aliphatic imine (C=N–C) groups is 1. The number of aliphatic hydroxyl groups excluding tert-OH is 1. The first-order chi connectivity index (χ1) is 18.2. The molecule has 1 atom stereocenters. The number of nitrogens with zero attached hydrogens (tertiary/aromatic N) is 3. The lowest BCUT2D eigenvalue weighted by atomic mass is 9.87. The summed E-state index contributed by atoms with van der Waals surface area (Å²) in [6.07, 6.45) is 1.26. The maximum absolute atomic E-state index is 12.4. The first kappa shape index (κ1) is 28.9. The van der Waals surface area contributed by atoms with Gasteiger partial charge in [0.05, 0.1) is 22.3 Å². The monoisotopic (exact) mass is 573 g/mol. The molecule has 12 heteroatoms. The zero-order valence-corrected chi connectivity index (χ0v) is 22.4. The average molecular weight is 574 g/mol. The smallest absolute Gasteiger partial charge is 0.382 e. The predicted octanol–water partition coefficient (Wildman–Crippen LogP) is 6.25. The van der Waals surface area contributed by atoms with E-state index in [4.69, 9.17) is 38.0 Å². The molecule has 2 aliphatic rings. The molecule has 0 bridgehead atoms. The van der Waals surface area contributed by atoms with E-state index in [1.54, 1.807) is 18.5 Å². The summed E-state index contributed by atoms with van der Waals surface area (Å²) in [6, 6.07) is 5.64. The van der Waals surface area contributed by atoms with Crippen molar-refractivity contribution in [1.82, 2.24) is 9.97 Å². The fourth-order valence-corrected chi connectivity index (χ4v) is 5.06. The molecule has 1 saturated carbocycles. The number of alkyl halides is 3. The van der Waals surface area contributed by atoms with Gasteiger partial charge in [0.2, 0.25) is 0 Å². The second-order valence-corrected chi connectivity index (χ2v) is 10.7. The lowest BCUT2D eigenvalue weighted by molar-refractivity contribution is -0.199. The number of pyridine rings is 2. The Labute approximate surface area is 230 Å². The van der Waals surface area contributed by atoms with Gasteiger partial charge in [0, 0.05) is 43.8 Å². The summed E-state index contributed by atoms with van der Waals surface area (Å²) in [5.74, 6) is 1.99. The van der Waals surface area contributed by atoms with Gasteiger partial charge in [0.15, 0.2) is 6.10 Å². The maximum Gasteiger partial charge on any atom is 0.416 e. The second kappa shape index (κ2) is 13.3. The third-order valence-corrected chi connectivity index (χ3v) is 7.57. The number of aromatic nitrogens is 2. The summed E-state index contributed by atoms with van der Waals surface area (Å²) in [7, 11) is 0. The molecule has 0 spiro atoms. The molecule has 0 radical (unpaired) electrons. The SMILES string of the molecule is O[C@@H](CN=CC1CCC(Nc2cc(-c3nc(NCC4CCOCC4)ccc3Cl)c(Cl)cn2)CC1)C(F)(F)F. The highest BCUT2D eigenvalue weighted by Gasteiger charge is 2.37. The Bertz CT molecular complexity index is 1090. The summed E-state index contributed by atoms with van der Waals surface area (Å²) >= 11 is 13.0. The molecule has 1 aliphatic heterocycles. The Balaban J connectivity index is 1.34. The minimum absolute atomic E-state index is 0.0848. The molecular weight excluding hydrogens is 542 g/mol. The molecule has 2 aromatic heterocycles. The predicted molar refractivity (Wildman–Crippen MR) is 144 cm³/mol. The van der Waals surface area contributed by atoms with Crippen LogP contribution < -0.4 is 10.6 Å². The lowest BCUT2D eigenvalue weighted by Gasteiger charge is -2.27. The molecule has 0 unspecified atom stereocenters. The van der Waals surface area contributed by atoms with Crippen LogP contribution in [0.2, 0.25) is 10.0 Å². The lowest BCUT2D eigenvalue weighted by Crippen LogP contribution is -2.31. The summed E-state index contributed by atoms with van der Waals surface area (Å²) in [5.41, 5.74) is 1.24. The number of rotatable bonds is 9. The average Bonchev–Trinajstić information content (AvgIpc) is 2.90. The van der Waals surface area contributed by atoms with Crippen molar-refractivity contribution in [2.24, 2.45) is 16.8 Å². The number of nitrogens with one attached hydrogen (secondary N) is 2. The van der Waals surface area contributed by atoms with E-state index in [1.165, 1.54) is 0 Å². The Morgan fingerprint density at radius 3 is 2.53 bits per heavy atom. The first-order valence-corrected chi connectivity index (χ1v) is 13.6. The van der Waals surface area contributed by atoms with Crippen molar-refractivity contribution in [3.8, 4) is 11.3 Å². The van der Waals surface area contributed by atoms with Crippen LogP contribution in [0.4, 0.5) is 24.8 Å². The maximum atomic E-state index is 12.4. The van der Waals surface area contributed by atoms with E-state index in [0.29, 0.717) is 33.0 Å². The van der Waals surface area contributed by atoms with Crippen LogP contribution in [-0.4, -0.2) is 65.9 Å². The van der Waals surface area contributed by atoms with Crippen molar-refractivity contribution < 1.29 is 23.0 Å². The minimum atomic E-state index is -4.65. The van der Waals surface area contributed by atoms with E-state index in [9.17, 15) is 13.2 Å². The van der Waals surface area contributed by atoms with Gasteiger partial charge in [-0.1, -0.05) is 23.2 Å². The van der Waals surface area contributed by atoms with E-state index in [1.807, 2.05) is 12.1 Å². The van der Waals surface area contributed by atoms with Gasteiger partial charge in [-0.15, -0.1) is 0 Å². The largest absolute Gasteiger partial charge is 0.416 e. The van der Waals surface area contributed by atoms with E-state index in [0.717, 1.165) is 64.1 Å². The van der Waals surface area contributed by atoms with Crippen molar-refractivity contribution in [2.45, 2.75) is 56.8 Å². The first-order valence-electron chi connectivity index (χ1n) is 12.8. The highest BCUT2D eigenvalue weighted by atomic mass is 35.5. The second-order valence-electron chi connectivity index (χ2n) is 9.84. The highest BCUT2D eigenvalue weighted by molar-refractivity contribution is 6.36. The van der Waals surface area contributed by atoms with Crippen LogP contribution >= 0.6 is 23.2 Å². The molecule has 0 amide bonds. The highest BCUT2D eigenvalue weighted by Crippen LogP contribution is 2.35. The van der Waals surface area contributed by atoms with Crippen LogP contribution in [0.15, 0.2) is 29.4 Å². The number of hydrogen-bond donors (Lipinski definition) is 3. The van der Waals surface area contributed by atoms with Crippen molar-refractivity contribution in [3.63, 3.8) is 0 Å². The number of ether oxygens (including phenoxy) is 1. The zero-order chi connectivity index (χ0) is 27.1. The Morgan fingerprint density at radius 1 is 1.08 bits per heavy atom. The standard InChI is InChI=1S/C26H32Cl2F3N5O2/c27-20-5-6-23(33-13-17-7-9-38-10-8-17)36-25(20)19-11-24(34-14-21(19)28)35-18-3-1-16(2-4-18)12-32-15-22(37)26(29,30)31/h5-6,11-12,14,16-18,22,37H,1-4,7-10,13,15H2,(H,33,36)(H,34,35)/t16?,18?,22-/m0/s1. The van der Waals surface area contributed by atoms with Crippen molar-refractivity contribution in [1.29, 1.82) is 0 Å². The van der Waals surface area contributed by atoms with E-state index < -0.39 is 18.8 Å². The van der Waals surface area contributed by atoms with E-state index >= 15 is 0 Å². The molecule has 1 aliphatic carbocycles.